The first kappa shape index (κ1) is 15.2. The quantitative estimate of drug-likeness (QED) is 0.804. The van der Waals surface area contributed by atoms with Crippen LogP contribution in [-0.4, -0.2) is 16.4 Å². The first-order chi connectivity index (χ1) is 10.0. The summed E-state index contributed by atoms with van der Waals surface area (Å²) in [6, 6.07) is 2.88. The first-order valence-electron chi connectivity index (χ1n) is 6.96. The molecule has 0 atom stereocenters. The summed E-state index contributed by atoms with van der Waals surface area (Å²) in [7, 11) is 1.89. The average molecular weight is 292 g/mol. The third-order valence-electron chi connectivity index (χ3n) is 3.37. The Morgan fingerprint density at radius 3 is 2.81 bits per heavy atom. The van der Waals surface area contributed by atoms with E-state index < -0.39 is 5.82 Å². The molecule has 114 valence electrons. The molecule has 0 radical (unpaired) electrons. The van der Waals surface area contributed by atoms with Crippen molar-refractivity contribution in [2.75, 3.05) is 17.7 Å². The Labute approximate surface area is 123 Å². The Kier molecular flexibility index (Phi) is 4.67. The van der Waals surface area contributed by atoms with Crippen molar-refractivity contribution < 1.29 is 9.13 Å². The van der Waals surface area contributed by atoms with Crippen molar-refractivity contribution in [3.63, 3.8) is 0 Å². The summed E-state index contributed by atoms with van der Waals surface area (Å²) >= 11 is 0. The molecule has 0 amide bonds. The maximum Gasteiger partial charge on any atom is 0.167 e. The molecule has 0 aliphatic heterocycles. The predicted molar refractivity (Wildman–Crippen MR) is 81.9 cm³/mol. The summed E-state index contributed by atoms with van der Waals surface area (Å²) in [4.78, 5) is 0. The highest BCUT2D eigenvalue weighted by Crippen LogP contribution is 2.28. The molecule has 0 bridgehead atoms. The molecular formula is C15H21FN4O. The third kappa shape index (κ3) is 3.45. The summed E-state index contributed by atoms with van der Waals surface area (Å²) in [6.07, 6.45) is 2.62. The van der Waals surface area contributed by atoms with Crippen LogP contribution in [-0.2, 0) is 13.6 Å². The van der Waals surface area contributed by atoms with Crippen molar-refractivity contribution in [1.82, 2.24) is 9.78 Å². The monoisotopic (exact) mass is 292 g/mol. The molecular weight excluding hydrogens is 271 g/mol. The molecule has 1 heterocycles. The molecule has 2 rings (SSSR count). The van der Waals surface area contributed by atoms with Gasteiger partial charge in [0.25, 0.3) is 0 Å². The highest BCUT2D eigenvalue weighted by Gasteiger charge is 2.10. The summed E-state index contributed by atoms with van der Waals surface area (Å²) < 4.78 is 20.9. The minimum Gasteiger partial charge on any atom is -0.490 e. The van der Waals surface area contributed by atoms with E-state index in [1.165, 1.54) is 6.07 Å². The molecule has 21 heavy (non-hydrogen) atoms. The van der Waals surface area contributed by atoms with Crippen LogP contribution < -0.4 is 15.8 Å². The lowest BCUT2D eigenvalue weighted by molar-refractivity contribution is 0.301. The maximum atomic E-state index is 13.7. The number of rotatable bonds is 6. The highest BCUT2D eigenvalue weighted by molar-refractivity contribution is 5.68. The number of aryl methyl sites for hydroxylation is 1. The minimum atomic E-state index is -0.441. The summed E-state index contributed by atoms with van der Waals surface area (Å²) in [5, 5.41) is 7.39. The molecule has 1 aromatic heterocycles. The van der Waals surface area contributed by atoms with Crippen LogP contribution in [0.2, 0.25) is 0 Å². The smallest absolute Gasteiger partial charge is 0.167 e. The van der Waals surface area contributed by atoms with Crippen LogP contribution in [0.15, 0.2) is 18.3 Å². The fraction of sp³-hybridized carbons (Fsp3) is 0.400. The second kappa shape index (κ2) is 6.47. The minimum absolute atomic E-state index is 0.219. The summed E-state index contributed by atoms with van der Waals surface area (Å²) in [5.41, 5.74) is 9.01. The second-order valence-corrected chi connectivity index (χ2v) is 4.95. The number of benzene rings is 1. The van der Waals surface area contributed by atoms with Gasteiger partial charge in [0.15, 0.2) is 11.6 Å². The van der Waals surface area contributed by atoms with E-state index >= 15 is 0 Å². The van der Waals surface area contributed by atoms with Crippen molar-refractivity contribution in [2.45, 2.75) is 26.8 Å². The molecule has 0 spiro atoms. The van der Waals surface area contributed by atoms with Gasteiger partial charge in [0.2, 0.25) is 0 Å². The number of hydrogen-bond acceptors (Lipinski definition) is 4. The van der Waals surface area contributed by atoms with Crippen LogP contribution in [0.3, 0.4) is 0 Å². The largest absolute Gasteiger partial charge is 0.490 e. The van der Waals surface area contributed by atoms with Gasteiger partial charge in [0.1, 0.15) is 0 Å². The number of nitrogens with two attached hydrogens (primary N) is 1. The molecule has 0 aliphatic rings. The Bertz CT molecular complexity index is 624. The lowest BCUT2D eigenvalue weighted by Crippen LogP contribution is -2.06. The Morgan fingerprint density at radius 2 is 2.19 bits per heavy atom. The van der Waals surface area contributed by atoms with Gasteiger partial charge in [0.05, 0.1) is 24.2 Å². The highest BCUT2D eigenvalue weighted by atomic mass is 19.1. The van der Waals surface area contributed by atoms with E-state index in [1.807, 2.05) is 20.9 Å². The number of nitrogens with zero attached hydrogens (tertiary/aromatic N) is 2. The second-order valence-electron chi connectivity index (χ2n) is 4.95. The van der Waals surface area contributed by atoms with Crippen LogP contribution in [0, 0.1) is 12.7 Å². The van der Waals surface area contributed by atoms with E-state index in [2.05, 4.69) is 10.4 Å². The van der Waals surface area contributed by atoms with E-state index in [4.69, 9.17) is 10.5 Å². The summed E-state index contributed by atoms with van der Waals surface area (Å²) in [6.45, 7) is 5.01. The van der Waals surface area contributed by atoms with Crippen molar-refractivity contribution in [2.24, 2.45) is 7.05 Å². The number of nitrogens with one attached hydrogen (secondary N) is 1. The fourth-order valence-corrected chi connectivity index (χ4v) is 1.95. The number of aromatic nitrogens is 2. The van der Waals surface area contributed by atoms with E-state index in [0.717, 1.165) is 17.7 Å². The number of anilines is 2. The summed E-state index contributed by atoms with van der Waals surface area (Å²) in [5.74, 6) is -0.222. The molecule has 2 aromatic rings. The number of ether oxygens (including phenoxy) is 1. The van der Waals surface area contributed by atoms with Gasteiger partial charge in [0, 0.05) is 37.0 Å². The van der Waals surface area contributed by atoms with Crippen molar-refractivity contribution in [3.8, 4) is 5.75 Å². The van der Waals surface area contributed by atoms with Crippen LogP contribution in [0.4, 0.5) is 15.8 Å². The lowest BCUT2D eigenvalue weighted by atomic mass is 10.2. The molecule has 0 saturated heterocycles. The first-order valence-corrected chi connectivity index (χ1v) is 6.96. The maximum absolute atomic E-state index is 13.7. The van der Waals surface area contributed by atoms with Gasteiger partial charge in [-0.2, -0.15) is 5.10 Å². The fourth-order valence-electron chi connectivity index (χ4n) is 1.95. The third-order valence-corrected chi connectivity index (χ3v) is 3.37. The molecule has 0 unspecified atom stereocenters. The van der Waals surface area contributed by atoms with Crippen LogP contribution in [0.1, 0.15) is 24.6 Å². The van der Waals surface area contributed by atoms with Gasteiger partial charge in [-0.1, -0.05) is 6.92 Å². The SMILES string of the molecule is CCCOc1cc(NCc2cnn(C)c2C)c(N)cc1F. The standard InChI is InChI=1S/C15H21FN4O/c1-4-5-21-15-7-14(13(17)6-12(15)16)18-8-11-9-19-20(3)10(11)2/h6-7,9,18H,4-5,8,17H2,1-3H3. The zero-order valence-electron chi connectivity index (χ0n) is 12.6. The van der Waals surface area contributed by atoms with Crippen molar-refractivity contribution >= 4 is 11.4 Å². The van der Waals surface area contributed by atoms with Crippen LogP contribution >= 0.6 is 0 Å². The van der Waals surface area contributed by atoms with Crippen molar-refractivity contribution in [1.29, 1.82) is 0 Å². The predicted octanol–water partition coefficient (Wildman–Crippen LogP) is 2.85. The molecule has 0 fully saturated rings. The van der Waals surface area contributed by atoms with Gasteiger partial charge in [-0.3, -0.25) is 4.68 Å². The Hall–Kier alpha value is -2.24. The van der Waals surface area contributed by atoms with Crippen molar-refractivity contribution in [3.05, 3.63) is 35.4 Å². The molecule has 0 aliphatic carbocycles. The molecule has 6 heteroatoms. The van der Waals surface area contributed by atoms with Gasteiger partial charge in [-0.25, -0.2) is 4.39 Å². The molecule has 1 aromatic carbocycles. The molecule has 3 N–H and O–H groups in total. The van der Waals surface area contributed by atoms with Gasteiger partial charge < -0.3 is 15.8 Å². The molecule has 0 saturated carbocycles. The topological polar surface area (TPSA) is 65.1 Å². The average Bonchev–Trinajstić information content (AvgIpc) is 2.77. The van der Waals surface area contributed by atoms with E-state index in [0.29, 0.717) is 24.5 Å². The Balaban J connectivity index is 2.13. The Morgan fingerprint density at radius 1 is 1.43 bits per heavy atom. The number of halogens is 1. The molecule has 5 nitrogen and oxygen atoms in total. The zero-order valence-corrected chi connectivity index (χ0v) is 12.6. The van der Waals surface area contributed by atoms with E-state index in [9.17, 15) is 4.39 Å². The lowest BCUT2D eigenvalue weighted by Gasteiger charge is -2.13. The van der Waals surface area contributed by atoms with E-state index in [-0.39, 0.29) is 5.75 Å². The van der Waals surface area contributed by atoms with E-state index in [1.54, 1.807) is 16.9 Å². The van der Waals surface area contributed by atoms with Crippen LogP contribution in [0.25, 0.3) is 0 Å². The van der Waals surface area contributed by atoms with Gasteiger partial charge in [-0.05, 0) is 13.3 Å². The normalized spacial score (nSPS) is 10.7. The van der Waals surface area contributed by atoms with Gasteiger partial charge >= 0.3 is 0 Å². The number of hydrogen-bond donors (Lipinski definition) is 2. The number of nitrogen functional groups attached to an aromatic ring is 1. The zero-order chi connectivity index (χ0) is 15.4. The van der Waals surface area contributed by atoms with Crippen LogP contribution in [0.5, 0.6) is 5.75 Å². The van der Waals surface area contributed by atoms with Gasteiger partial charge in [-0.15, -0.1) is 0 Å².